The molecule has 1 aliphatic rings. The number of hydrogen-bond donors (Lipinski definition) is 0. The van der Waals surface area contributed by atoms with Crippen LogP contribution in [0.25, 0.3) is 0 Å². The summed E-state index contributed by atoms with van der Waals surface area (Å²) in [6.45, 7) is 4.36. The lowest BCUT2D eigenvalue weighted by Crippen LogP contribution is -2.49. The van der Waals surface area contributed by atoms with Gasteiger partial charge in [0.05, 0.1) is 23.5 Å². The van der Waals surface area contributed by atoms with E-state index in [4.69, 9.17) is 5.26 Å². The van der Waals surface area contributed by atoms with E-state index in [2.05, 4.69) is 25.9 Å². The van der Waals surface area contributed by atoms with Crippen molar-refractivity contribution in [1.82, 2.24) is 19.9 Å². The number of piperazine rings is 1. The molecule has 0 saturated carbocycles. The molecular weight excluding hydrogens is 292 g/mol. The number of carbonyl (C=O) groups excluding carboxylic acids is 1. The Morgan fingerprint density at radius 3 is 2.61 bits per heavy atom. The Morgan fingerprint density at radius 2 is 1.96 bits per heavy atom. The van der Waals surface area contributed by atoms with Crippen molar-refractivity contribution in [3.8, 4) is 6.07 Å². The molecule has 7 heteroatoms. The minimum absolute atomic E-state index is 0.101. The van der Waals surface area contributed by atoms with Crippen LogP contribution in [-0.2, 0) is 0 Å². The Morgan fingerprint density at radius 1 is 1.17 bits per heavy atom. The molecular formula is C16H16N6O. The summed E-state index contributed by atoms with van der Waals surface area (Å²) >= 11 is 0. The van der Waals surface area contributed by atoms with Crippen molar-refractivity contribution < 1.29 is 4.79 Å². The number of nitriles is 1. The molecule has 1 fully saturated rings. The first-order valence-electron chi connectivity index (χ1n) is 7.36. The van der Waals surface area contributed by atoms with Crippen molar-refractivity contribution in [2.24, 2.45) is 0 Å². The van der Waals surface area contributed by atoms with E-state index in [-0.39, 0.29) is 5.91 Å². The number of amides is 1. The average Bonchev–Trinajstić information content (AvgIpc) is 2.62. The number of carbonyl (C=O) groups is 1. The SMILES string of the molecule is Cc1cnc(C(=O)N2CCN(c3cc(C#N)ccn3)CC2)cn1. The van der Waals surface area contributed by atoms with Gasteiger partial charge in [-0.25, -0.2) is 9.97 Å². The van der Waals surface area contributed by atoms with Gasteiger partial charge in [-0.05, 0) is 19.1 Å². The van der Waals surface area contributed by atoms with Crippen LogP contribution in [0, 0.1) is 18.3 Å². The molecule has 0 spiro atoms. The van der Waals surface area contributed by atoms with Crippen molar-refractivity contribution in [3.63, 3.8) is 0 Å². The van der Waals surface area contributed by atoms with Crippen LogP contribution in [0.4, 0.5) is 5.82 Å². The molecule has 1 aliphatic heterocycles. The third kappa shape index (κ3) is 3.26. The molecule has 116 valence electrons. The second kappa shape index (κ2) is 6.40. The summed E-state index contributed by atoms with van der Waals surface area (Å²) in [6, 6.07) is 5.56. The Kier molecular flexibility index (Phi) is 4.15. The van der Waals surface area contributed by atoms with Crippen LogP contribution in [0.3, 0.4) is 0 Å². The minimum atomic E-state index is -0.101. The fourth-order valence-electron chi connectivity index (χ4n) is 2.46. The zero-order valence-corrected chi connectivity index (χ0v) is 12.8. The highest BCUT2D eigenvalue weighted by Gasteiger charge is 2.23. The van der Waals surface area contributed by atoms with E-state index in [1.807, 2.05) is 6.92 Å². The van der Waals surface area contributed by atoms with Crippen LogP contribution in [0.1, 0.15) is 21.7 Å². The molecule has 23 heavy (non-hydrogen) atoms. The summed E-state index contributed by atoms with van der Waals surface area (Å²) in [5, 5.41) is 8.96. The van der Waals surface area contributed by atoms with Gasteiger partial charge in [0.15, 0.2) is 0 Å². The van der Waals surface area contributed by atoms with Crippen LogP contribution in [-0.4, -0.2) is 51.9 Å². The van der Waals surface area contributed by atoms with E-state index in [1.165, 1.54) is 6.20 Å². The van der Waals surface area contributed by atoms with E-state index < -0.39 is 0 Å². The maximum Gasteiger partial charge on any atom is 0.274 e. The monoisotopic (exact) mass is 308 g/mol. The van der Waals surface area contributed by atoms with Crippen LogP contribution in [0.2, 0.25) is 0 Å². The summed E-state index contributed by atoms with van der Waals surface area (Å²) in [5.74, 6) is 0.669. The second-order valence-corrected chi connectivity index (χ2v) is 5.34. The Labute approximate surface area is 134 Å². The number of anilines is 1. The molecule has 7 nitrogen and oxygen atoms in total. The minimum Gasteiger partial charge on any atom is -0.353 e. The Balaban J connectivity index is 1.65. The molecule has 0 aliphatic carbocycles. The van der Waals surface area contributed by atoms with Crippen molar-refractivity contribution in [2.45, 2.75) is 6.92 Å². The van der Waals surface area contributed by atoms with Crippen molar-refractivity contribution >= 4 is 11.7 Å². The molecule has 0 atom stereocenters. The first-order valence-corrected chi connectivity index (χ1v) is 7.36. The summed E-state index contributed by atoms with van der Waals surface area (Å²) in [6.07, 6.45) is 4.75. The second-order valence-electron chi connectivity index (χ2n) is 5.34. The van der Waals surface area contributed by atoms with Crippen LogP contribution >= 0.6 is 0 Å². The van der Waals surface area contributed by atoms with Crippen LogP contribution in [0.5, 0.6) is 0 Å². The molecule has 0 radical (unpaired) electrons. The fourth-order valence-corrected chi connectivity index (χ4v) is 2.46. The molecule has 3 rings (SSSR count). The van der Waals surface area contributed by atoms with Gasteiger partial charge in [0, 0.05) is 38.6 Å². The maximum absolute atomic E-state index is 12.4. The number of pyridine rings is 1. The largest absolute Gasteiger partial charge is 0.353 e. The van der Waals surface area contributed by atoms with Gasteiger partial charge < -0.3 is 9.80 Å². The molecule has 0 unspecified atom stereocenters. The Hall–Kier alpha value is -3.01. The van der Waals surface area contributed by atoms with Crippen molar-refractivity contribution in [2.75, 3.05) is 31.1 Å². The molecule has 2 aromatic heterocycles. The lowest BCUT2D eigenvalue weighted by atomic mass is 10.2. The first kappa shape index (κ1) is 14.9. The highest BCUT2D eigenvalue weighted by atomic mass is 16.2. The number of hydrogen-bond acceptors (Lipinski definition) is 6. The van der Waals surface area contributed by atoms with Crippen molar-refractivity contribution in [1.29, 1.82) is 5.26 Å². The number of nitrogens with zero attached hydrogens (tertiary/aromatic N) is 6. The molecule has 1 saturated heterocycles. The maximum atomic E-state index is 12.4. The Bertz CT molecular complexity index is 744. The smallest absolute Gasteiger partial charge is 0.274 e. The van der Waals surface area contributed by atoms with E-state index in [9.17, 15) is 4.79 Å². The summed E-state index contributed by atoms with van der Waals surface area (Å²) in [4.78, 5) is 28.8. The van der Waals surface area contributed by atoms with Crippen LogP contribution < -0.4 is 4.90 Å². The lowest BCUT2D eigenvalue weighted by molar-refractivity contribution is 0.0740. The molecule has 1 amide bonds. The van der Waals surface area contributed by atoms with E-state index >= 15 is 0 Å². The zero-order valence-electron chi connectivity index (χ0n) is 12.8. The van der Waals surface area contributed by atoms with E-state index in [0.717, 1.165) is 11.5 Å². The molecule has 2 aromatic rings. The normalized spacial score (nSPS) is 14.4. The first-order chi connectivity index (χ1) is 11.2. The number of rotatable bonds is 2. The van der Waals surface area contributed by atoms with Gasteiger partial charge in [0.2, 0.25) is 0 Å². The molecule has 0 bridgehead atoms. The molecule has 3 heterocycles. The van der Waals surface area contributed by atoms with Crippen molar-refractivity contribution in [3.05, 3.63) is 47.7 Å². The fraction of sp³-hybridized carbons (Fsp3) is 0.312. The topological polar surface area (TPSA) is 86.0 Å². The van der Waals surface area contributed by atoms with E-state index in [1.54, 1.807) is 29.4 Å². The highest BCUT2D eigenvalue weighted by molar-refractivity contribution is 5.92. The molecule has 0 aromatic carbocycles. The third-order valence-electron chi connectivity index (χ3n) is 3.77. The number of aromatic nitrogens is 3. The predicted octanol–water partition coefficient (Wildman–Crippen LogP) is 1.01. The van der Waals surface area contributed by atoms with Gasteiger partial charge in [-0.3, -0.25) is 9.78 Å². The van der Waals surface area contributed by atoms with Gasteiger partial charge in [0.25, 0.3) is 5.91 Å². The number of aryl methyl sites for hydroxylation is 1. The average molecular weight is 308 g/mol. The lowest BCUT2D eigenvalue weighted by Gasteiger charge is -2.35. The quantitative estimate of drug-likeness (QED) is 0.823. The third-order valence-corrected chi connectivity index (χ3v) is 3.77. The molecule has 0 N–H and O–H groups in total. The van der Waals surface area contributed by atoms with Gasteiger partial charge in [-0.1, -0.05) is 0 Å². The standard InChI is InChI=1S/C16H16N6O/c1-12-10-20-14(11-19-12)16(23)22-6-4-21(5-7-22)15-8-13(9-17)2-3-18-15/h2-3,8,10-11H,4-7H2,1H3. The highest BCUT2D eigenvalue weighted by Crippen LogP contribution is 2.15. The zero-order chi connectivity index (χ0) is 16.2. The predicted molar refractivity (Wildman–Crippen MR) is 83.8 cm³/mol. The van der Waals surface area contributed by atoms with Gasteiger partial charge in [-0.2, -0.15) is 5.26 Å². The van der Waals surface area contributed by atoms with Gasteiger partial charge >= 0.3 is 0 Å². The summed E-state index contributed by atoms with van der Waals surface area (Å²) < 4.78 is 0. The van der Waals surface area contributed by atoms with E-state index in [0.29, 0.717) is 37.4 Å². The van der Waals surface area contributed by atoms with Crippen LogP contribution in [0.15, 0.2) is 30.7 Å². The summed E-state index contributed by atoms with van der Waals surface area (Å²) in [5.41, 5.74) is 1.74. The summed E-state index contributed by atoms with van der Waals surface area (Å²) in [7, 11) is 0. The van der Waals surface area contributed by atoms with Gasteiger partial charge in [0.1, 0.15) is 11.5 Å². The van der Waals surface area contributed by atoms with Gasteiger partial charge in [-0.15, -0.1) is 0 Å².